The number of aliphatic hydroxyl groups excluding tert-OH is 1. The Bertz CT molecular complexity index is 463. The number of anilines is 1. The van der Waals surface area contributed by atoms with Crippen LogP contribution >= 0.6 is 0 Å². The van der Waals surface area contributed by atoms with Crippen LogP contribution in [-0.4, -0.2) is 41.2 Å². The van der Waals surface area contributed by atoms with Crippen LogP contribution in [0.15, 0.2) is 18.2 Å². The van der Waals surface area contributed by atoms with Crippen molar-refractivity contribution in [1.82, 2.24) is 4.90 Å². The van der Waals surface area contributed by atoms with E-state index >= 15 is 0 Å². The summed E-state index contributed by atoms with van der Waals surface area (Å²) >= 11 is 0. The molecular weight excluding hydrogens is 270 g/mol. The summed E-state index contributed by atoms with van der Waals surface area (Å²) in [5, 5.41) is 23.6. The highest BCUT2D eigenvalue weighted by Crippen LogP contribution is 2.29. The average molecular weight is 295 g/mol. The van der Waals surface area contributed by atoms with Gasteiger partial charge >= 0.3 is 0 Å². The lowest BCUT2D eigenvalue weighted by Gasteiger charge is -2.20. The molecule has 1 aromatic rings. The van der Waals surface area contributed by atoms with E-state index in [4.69, 9.17) is 0 Å². The van der Waals surface area contributed by atoms with Crippen molar-refractivity contribution < 1.29 is 10.0 Å². The smallest absolute Gasteiger partial charge is 0.292 e. The van der Waals surface area contributed by atoms with Crippen LogP contribution in [0.3, 0.4) is 0 Å². The van der Waals surface area contributed by atoms with E-state index < -0.39 is 0 Å². The molecule has 2 N–H and O–H groups in total. The summed E-state index contributed by atoms with van der Waals surface area (Å²) in [5.41, 5.74) is 1.63. The standard InChI is InChI=1S/C15H25N3O3/c1-4-9-16-15-13(6-5-7-14(15)18(20)21)11-17(3)10-8-12(2)19/h5-7,12,16,19H,4,8-11H2,1-3H3. The molecule has 0 aliphatic carbocycles. The van der Waals surface area contributed by atoms with Crippen molar-refractivity contribution in [1.29, 1.82) is 0 Å². The van der Waals surface area contributed by atoms with Gasteiger partial charge in [-0.25, -0.2) is 0 Å². The van der Waals surface area contributed by atoms with Crippen LogP contribution in [0.2, 0.25) is 0 Å². The van der Waals surface area contributed by atoms with E-state index in [2.05, 4.69) is 10.2 Å². The second-order valence-corrected chi connectivity index (χ2v) is 5.37. The second kappa shape index (κ2) is 8.59. The minimum absolute atomic E-state index is 0.116. The zero-order chi connectivity index (χ0) is 15.8. The lowest BCUT2D eigenvalue weighted by Crippen LogP contribution is -2.23. The molecule has 0 bridgehead atoms. The monoisotopic (exact) mass is 295 g/mol. The molecule has 0 fully saturated rings. The normalized spacial score (nSPS) is 12.4. The molecule has 0 radical (unpaired) electrons. The summed E-state index contributed by atoms with van der Waals surface area (Å²) in [4.78, 5) is 12.9. The van der Waals surface area contributed by atoms with Gasteiger partial charge in [0.25, 0.3) is 5.69 Å². The molecule has 6 nitrogen and oxygen atoms in total. The third-order valence-corrected chi connectivity index (χ3v) is 3.25. The molecule has 0 amide bonds. The molecule has 0 heterocycles. The van der Waals surface area contributed by atoms with Gasteiger partial charge in [-0.2, -0.15) is 0 Å². The molecular formula is C15H25N3O3. The Balaban J connectivity index is 2.89. The molecule has 1 aromatic carbocycles. The summed E-state index contributed by atoms with van der Waals surface area (Å²) in [6.45, 7) is 5.84. The highest BCUT2D eigenvalue weighted by atomic mass is 16.6. The number of aliphatic hydroxyl groups is 1. The van der Waals surface area contributed by atoms with Crippen molar-refractivity contribution in [2.75, 3.05) is 25.5 Å². The van der Waals surface area contributed by atoms with Crippen molar-refractivity contribution in [3.8, 4) is 0 Å². The van der Waals surface area contributed by atoms with Gasteiger partial charge in [-0.05, 0) is 32.4 Å². The van der Waals surface area contributed by atoms with E-state index in [9.17, 15) is 15.2 Å². The lowest BCUT2D eigenvalue weighted by molar-refractivity contribution is -0.384. The maximum absolute atomic E-state index is 11.2. The molecule has 1 rings (SSSR count). The number of nitrogens with one attached hydrogen (secondary N) is 1. The van der Waals surface area contributed by atoms with E-state index in [1.54, 1.807) is 13.0 Å². The highest BCUT2D eigenvalue weighted by Gasteiger charge is 2.17. The Morgan fingerprint density at radius 2 is 2.19 bits per heavy atom. The molecule has 1 atom stereocenters. The van der Waals surface area contributed by atoms with Crippen LogP contribution < -0.4 is 5.32 Å². The van der Waals surface area contributed by atoms with E-state index in [1.807, 2.05) is 20.0 Å². The topological polar surface area (TPSA) is 78.6 Å². The van der Waals surface area contributed by atoms with Gasteiger partial charge in [0, 0.05) is 25.7 Å². The zero-order valence-corrected chi connectivity index (χ0v) is 13.0. The second-order valence-electron chi connectivity index (χ2n) is 5.37. The fourth-order valence-electron chi connectivity index (χ4n) is 2.10. The first-order valence-electron chi connectivity index (χ1n) is 7.32. The highest BCUT2D eigenvalue weighted by molar-refractivity contribution is 5.66. The van der Waals surface area contributed by atoms with Gasteiger partial charge in [0.1, 0.15) is 5.69 Å². The molecule has 0 aliphatic rings. The number of hydrogen-bond acceptors (Lipinski definition) is 5. The molecule has 0 aliphatic heterocycles. The van der Waals surface area contributed by atoms with Crippen LogP contribution in [0, 0.1) is 10.1 Å². The predicted octanol–water partition coefficient (Wildman–Crippen LogP) is 2.62. The number of hydrogen-bond donors (Lipinski definition) is 2. The van der Waals surface area contributed by atoms with Crippen molar-refractivity contribution in [2.24, 2.45) is 0 Å². The molecule has 0 spiro atoms. The summed E-state index contributed by atoms with van der Waals surface area (Å²) in [5.74, 6) is 0. The first-order chi connectivity index (χ1) is 9.95. The van der Waals surface area contributed by atoms with Crippen LogP contribution in [0.1, 0.15) is 32.3 Å². The molecule has 21 heavy (non-hydrogen) atoms. The number of nitrogens with zero attached hydrogens (tertiary/aromatic N) is 2. The molecule has 0 saturated carbocycles. The fraction of sp³-hybridized carbons (Fsp3) is 0.600. The Labute approximate surface area is 125 Å². The third-order valence-electron chi connectivity index (χ3n) is 3.25. The predicted molar refractivity (Wildman–Crippen MR) is 84.5 cm³/mol. The quantitative estimate of drug-likeness (QED) is 0.541. The summed E-state index contributed by atoms with van der Waals surface area (Å²) in [7, 11) is 1.95. The molecule has 1 unspecified atom stereocenters. The van der Waals surface area contributed by atoms with Gasteiger partial charge in [-0.15, -0.1) is 0 Å². The van der Waals surface area contributed by atoms with Crippen molar-refractivity contribution in [2.45, 2.75) is 39.3 Å². The average Bonchev–Trinajstić information content (AvgIpc) is 2.43. The maximum atomic E-state index is 11.2. The number of benzene rings is 1. The van der Waals surface area contributed by atoms with Crippen molar-refractivity contribution in [3.05, 3.63) is 33.9 Å². The Morgan fingerprint density at radius 1 is 1.48 bits per heavy atom. The molecule has 6 heteroatoms. The van der Waals surface area contributed by atoms with Gasteiger partial charge in [0.15, 0.2) is 0 Å². The SMILES string of the molecule is CCCNc1c(CN(C)CCC(C)O)cccc1[N+](=O)[O-]. The molecule has 0 saturated heterocycles. The lowest BCUT2D eigenvalue weighted by atomic mass is 10.1. The van der Waals surface area contributed by atoms with Crippen LogP contribution in [-0.2, 0) is 6.54 Å². The Hall–Kier alpha value is -1.66. The zero-order valence-electron chi connectivity index (χ0n) is 13.0. The van der Waals surface area contributed by atoms with Gasteiger partial charge in [0.05, 0.1) is 11.0 Å². The molecule has 0 aromatic heterocycles. The van der Waals surface area contributed by atoms with Gasteiger partial charge in [0.2, 0.25) is 0 Å². The van der Waals surface area contributed by atoms with E-state index in [-0.39, 0.29) is 16.7 Å². The first kappa shape index (κ1) is 17.4. The third kappa shape index (κ3) is 5.69. The summed E-state index contributed by atoms with van der Waals surface area (Å²) in [6, 6.07) is 5.15. The van der Waals surface area contributed by atoms with Gasteiger partial charge in [-0.3, -0.25) is 10.1 Å². The number of rotatable bonds is 9. The summed E-state index contributed by atoms with van der Waals surface area (Å²) in [6.07, 6.45) is 1.25. The Kier molecular flexibility index (Phi) is 7.11. The maximum Gasteiger partial charge on any atom is 0.292 e. The van der Waals surface area contributed by atoms with Crippen molar-refractivity contribution in [3.63, 3.8) is 0 Å². The first-order valence-corrected chi connectivity index (χ1v) is 7.32. The Morgan fingerprint density at radius 3 is 2.76 bits per heavy atom. The van der Waals surface area contributed by atoms with Gasteiger partial charge in [-0.1, -0.05) is 19.1 Å². The minimum Gasteiger partial charge on any atom is -0.393 e. The number of nitro groups is 1. The van der Waals surface area contributed by atoms with Crippen LogP contribution in [0.25, 0.3) is 0 Å². The van der Waals surface area contributed by atoms with E-state index in [1.165, 1.54) is 6.07 Å². The molecule has 118 valence electrons. The van der Waals surface area contributed by atoms with Gasteiger partial charge < -0.3 is 15.3 Å². The number of nitro benzene ring substituents is 1. The van der Waals surface area contributed by atoms with Crippen LogP contribution in [0.5, 0.6) is 0 Å². The van der Waals surface area contributed by atoms with Crippen molar-refractivity contribution >= 4 is 11.4 Å². The van der Waals surface area contributed by atoms with Crippen LogP contribution in [0.4, 0.5) is 11.4 Å². The minimum atomic E-state index is -0.350. The van der Waals surface area contributed by atoms with E-state index in [0.29, 0.717) is 25.2 Å². The number of para-hydroxylation sites is 1. The van der Waals surface area contributed by atoms with E-state index in [0.717, 1.165) is 18.5 Å². The summed E-state index contributed by atoms with van der Waals surface area (Å²) < 4.78 is 0. The largest absolute Gasteiger partial charge is 0.393 e. The fourth-order valence-corrected chi connectivity index (χ4v) is 2.10.